The van der Waals surface area contributed by atoms with E-state index in [0.717, 1.165) is 57.8 Å². The molecule has 10 heteroatoms. The molecule has 2 unspecified atom stereocenters. The van der Waals surface area contributed by atoms with Crippen LogP contribution in [0.2, 0.25) is 0 Å². The van der Waals surface area contributed by atoms with Crippen LogP contribution in [0.1, 0.15) is 219 Å². The second-order valence-corrected chi connectivity index (χ2v) is 17.4. The number of esters is 2. The third-order valence-electron chi connectivity index (χ3n) is 10.2. The van der Waals surface area contributed by atoms with Crippen molar-refractivity contribution in [2.24, 2.45) is 5.73 Å². The van der Waals surface area contributed by atoms with Crippen molar-refractivity contribution < 1.29 is 37.6 Å². The smallest absolute Gasteiger partial charge is 0.462 e. The lowest BCUT2D eigenvalue weighted by Gasteiger charge is -2.19. The highest BCUT2D eigenvalue weighted by Gasteiger charge is 2.26. The molecule has 59 heavy (non-hydrogen) atoms. The lowest BCUT2D eigenvalue weighted by molar-refractivity contribution is -0.161. The van der Waals surface area contributed by atoms with Gasteiger partial charge in [0.1, 0.15) is 6.61 Å². The van der Waals surface area contributed by atoms with Crippen molar-refractivity contribution in [3.8, 4) is 0 Å². The van der Waals surface area contributed by atoms with E-state index in [4.69, 9.17) is 24.3 Å². The normalized spacial score (nSPS) is 13.6. The molecule has 0 aliphatic heterocycles. The third-order valence-corrected chi connectivity index (χ3v) is 11.2. The number of hydrogen-bond donors (Lipinski definition) is 2. The molecule has 344 valence electrons. The van der Waals surface area contributed by atoms with Crippen LogP contribution in [0, 0.1) is 0 Å². The molecule has 0 radical (unpaired) electrons. The van der Waals surface area contributed by atoms with Gasteiger partial charge in [-0.05, 0) is 77.0 Å². The summed E-state index contributed by atoms with van der Waals surface area (Å²) in [6.07, 6.45) is 52.8. The highest BCUT2D eigenvalue weighted by molar-refractivity contribution is 7.47. The molecule has 0 spiro atoms. The maximum atomic E-state index is 12.6. The van der Waals surface area contributed by atoms with Crippen LogP contribution in [0.4, 0.5) is 0 Å². The van der Waals surface area contributed by atoms with E-state index in [0.29, 0.717) is 12.8 Å². The molecule has 0 aromatic rings. The lowest BCUT2D eigenvalue weighted by atomic mass is 10.0. The van der Waals surface area contributed by atoms with E-state index in [1.807, 2.05) is 0 Å². The van der Waals surface area contributed by atoms with E-state index in [-0.39, 0.29) is 32.6 Å². The molecule has 0 bridgehead atoms. The Kier molecular flexibility index (Phi) is 43.9. The van der Waals surface area contributed by atoms with Crippen LogP contribution < -0.4 is 5.73 Å². The Morgan fingerprint density at radius 3 is 1.36 bits per heavy atom. The Morgan fingerprint density at radius 1 is 0.508 bits per heavy atom. The van der Waals surface area contributed by atoms with Gasteiger partial charge in [0.15, 0.2) is 6.10 Å². The fourth-order valence-electron chi connectivity index (χ4n) is 6.58. The van der Waals surface area contributed by atoms with Crippen LogP contribution >= 0.6 is 7.82 Å². The first-order valence-corrected chi connectivity index (χ1v) is 25.6. The first-order valence-electron chi connectivity index (χ1n) is 24.1. The standard InChI is InChI=1S/C49H90NO8P/c1-3-5-7-9-11-13-15-17-19-21-22-23-24-26-28-30-32-34-36-38-40-42-49(52)58-47(46-57-59(53,54)56-44-43-50)45-55-48(51)41-39-37-35-33-31-29-27-25-20-18-16-14-12-10-8-6-4-2/h12,14,17-20,27,29,47H,3-11,13,15-16,21-26,28,30-46,50H2,1-2H3,(H,53,54). The van der Waals surface area contributed by atoms with Crippen LogP contribution in [0.5, 0.6) is 0 Å². The van der Waals surface area contributed by atoms with E-state index in [9.17, 15) is 19.0 Å². The van der Waals surface area contributed by atoms with Gasteiger partial charge < -0.3 is 20.1 Å². The predicted octanol–water partition coefficient (Wildman–Crippen LogP) is 14.3. The van der Waals surface area contributed by atoms with Crippen molar-refractivity contribution in [1.29, 1.82) is 0 Å². The van der Waals surface area contributed by atoms with Crippen molar-refractivity contribution in [1.82, 2.24) is 0 Å². The van der Waals surface area contributed by atoms with E-state index in [1.165, 1.54) is 122 Å². The molecular weight excluding hydrogens is 762 g/mol. The van der Waals surface area contributed by atoms with Crippen molar-refractivity contribution in [2.45, 2.75) is 225 Å². The van der Waals surface area contributed by atoms with Crippen LogP contribution in [-0.2, 0) is 32.7 Å². The van der Waals surface area contributed by atoms with Crippen molar-refractivity contribution >= 4 is 19.8 Å². The number of carbonyl (C=O) groups excluding carboxylic acids is 2. The number of phosphoric acid groups is 1. The first kappa shape index (κ1) is 57.0. The number of allylic oxidation sites excluding steroid dienone is 8. The molecule has 0 saturated carbocycles. The molecule has 0 fully saturated rings. The number of ether oxygens (including phenoxy) is 2. The SMILES string of the molecule is CCCCCC=CCC=CCC=CCCCCCCC(=O)OCC(COP(=O)(O)OCCN)OC(=O)CCCCCCCCCCCCCC=CCCCCCCCC. The van der Waals surface area contributed by atoms with Gasteiger partial charge in [-0.2, -0.15) is 0 Å². The molecule has 0 aliphatic rings. The van der Waals surface area contributed by atoms with Gasteiger partial charge in [-0.25, -0.2) is 4.57 Å². The minimum absolute atomic E-state index is 0.0491. The molecule has 0 rings (SSSR count). The van der Waals surface area contributed by atoms with Crippen LogP contribution in [-0.4, -0.2) is 49.3 Å². The summed E-state index contributed by atoms with van der Waals surface area (Å²) in [7, 11) is -4.39. The summed E-state index contributed by atoms with van der Waals surface area (Å²) in [5.74, 6) is -0.851. The Morgan fingerprint density at radius 2 is 0.881 bits per heavy atom. The number of phosphoric ester groups is 1. The molecule has 2 atom stereocenters. The van der Waals surface area contributed by atoms with Gasteiger partial charge in [-0.1, -0.05) is 178 Å². The first-order chi connectivity index (χ1) is 28.8. The Balaban J connectivity index is 4.11. The Hall–Kier alpha value is -2.03. The van der Waals surface area contributed by atoms with E-state index in [2.05, 4.69) is 62.5 Å². The van der Waals surface area contributed by atoms with Crippen molar-refractivity contribution in [2.75, 3.05) is 26.4 Å². The van der Waals surface area contributed by atoms with Crippen LogP contribution in [0.3, 0.4) is 0 Å². The van der Waals surface area contributed by atoms with Crippen LogP contribution in [0.25, 0.3) is 0 Å². The van der Waals surface area contributed by atoms with Crippen molar-refractivity contribution in [3.63, 3.8) is 0 Å². The largest absolute Gasteiger partial charge is 0.472 e. The topological polar surface area (TPSA) is 134 Å². The molecule has 0 aromatic carbocycles. The zero-order chi connectivity index (χ0) is 43.2. The number of nitrogens with two attached hydrogens (primary N) is 1. The maximum Gasteiger partial charge on any atom is 0.472 e. The quantitative estimate of drug-likeness (QED) is 0.0266. The third kappa shape index (κ3) is 45.3. The summed E-state index contributed by atoms with van der Waals surface area (Å²) < 4.78 is 32.9. The zero-order valence-electron chi connectivity index (χ0n) is 38.0. The maximum absolute atomic E-state index is 12.6. The fraction of sp³-hybridized carbons (Fsp3) is 0.796. The molecule has 9 nitrogen and oxygen atoms in total. The minimum atomic E-state index is -4.39. The summed E-state index contributed by atoms with van der Waals surface area (Å²) in [6.45, 7) is 3.69. The number of hydrogen-bond acceptors (Lipinski definition) is 8. The van der Waals surface area contributed by atoms with Gasteiger partial charge in [0, 0.05) is 19.4 Å². The van der Waals surface area contributed by atoms with Gasteiger partial charge in [0.05, 0.1) is 13.2 Å². The molecular formula is C49H90NO8P. The summed E-state index contributed by atoms with van der Waals surface area (Å²) in [5, 5.41) is 0. The second-order valence-electron chi connectivity index (χ2n) is 16.0. The molecule has 0 heterocycles. The van der Waals surface area contributed by atoms with Crippen LogP contribution in [0.15, 0.2) is 48.6 Å². The number of carbonyl (C=O) groups is 2. The lowest BCUT2D eigenvalue weighted by Crippen LogP contribution is -2.29. The minimum Gasteiger partial charge on any atom is -0.462 e. The van der Waals surface area contributed by atoms with Gasteiger partial charge >= 0.3 is 19.8 Å². The monoisotopic (exact) mass is 852 g/mol. The summed E-state index contributed by atoms with van der Waals surface area (Å²) >= 11 is 0. The van der Waals surface area contributed by atoms with E-state index in [1.54, 1.807) is 0 Å². The predicted molar refractivity (Wildman–Crippen MR) is 247 cm³/mol. The molecule has 0 amide bonds. The summed E-state index contributed by atoms with van der Waals surface area (Å²) in [6, 6.07) is 0. The van der Waals surface area contributed by atoms with Gasteiger partial charge in [0.25, 0.3) is 0 Å². The fourth-order valence-corrected chi connectivity index (χ4v) is 7.34. The summed E-state index contributed by atoms with van der Waals surface area (Å²) in [5.41, 5.74) is 5.36. The average molecular weight is 852 g/mol. The molecule has 0 aliphatic carbocycles. The van der Waals surface area contributed by atoms with Crippen molar-refractivity contribution in [3.05, 3.63) is 48.6 Å². The van der Waals surface area contributed by atoms with Gasteiger partial charge in [-0.3, -0.25) is 18.6 Å². The van der Waals surface area contributed by atoms with Gasteiger partial charge in [-0.15, -0.1) is 0 Å². The Bertz CT molecular complexity index is 1110. The van der Waals surface area contributed by atoms with E-state index < -0.39 is 32.5 Å². The molecule has 3 N–H and O–H groups in total. The average Bonchev–Trinajstić information content (AvgIpc) is 3.22. The second kappa shape index (κ2) is 45.5. The summed E-state index contributed by atoms with van der Waals surface area (Å²) in [4.78, 5) is 35.0. The number of unbranched alkanes of at least 4 members (excludes halogenated alkanes) is 24. The molecule has 0 aromatic heterocycles. The highest BCUT2D eigenvalue weighted by Crippen LogP contribution is 2.43. The Labute approximate surface area is 362 Å². The van der Waals surface area contributed by atoms with E-state index >= 15 is 0 Å². The zero-order valence-corrected chi connectivity index (χ0v) is 38.9. The molecule has 0 saturated heterocycles. The number of rotatable bonds is 45. The van der Waals surface area contributed by atoms with Gasteiger partial charge in [0.2, 0.25) is 0 Å². The highest BCUT2D eigenvalue weighted by atomic mass is 31.2.